The topological polar surface area (TPSA) is 38.3 Å². The minimum atomic E-state index is -0.367. The van der Waals surface area contributed by atoms with Crippen LogP contribution in [0.4, 0.5) is 5.69 Å². The van der Waals surface area contributed by atoms with E-state index in [-0.39, 0.29) is 17.2 Å². The summed E-state index contributed by atoms with van der Waals surface area (Å²) >= 11 is 5.54. The molecule has 94 valence electrons. The fraction of sp³-hybridized carbons (Fsp3) is 0.462. The average Bonchev–Trinajstić information content (AvgIpc) is 2.27. The molecular weight excluding hydrogens is 238 g/mol. The van der Waals surface area contributed by atoms with Crippen LogP contribution in [-0.4, -0.2) is 17.9 Å². The monoisotopic (exact) mass is 255 g/mol. The SMILES string of the molecule is CCOc1ccc(NC(C(=O)Cl)C(C)C)cc1. The summed E-state index contributed by atoms with van der Waals surface area (Å²) in [5, 5.41) is 2.74. The number of rotatable bonds is 6. The van der Waals surface area contributed by atoms with Gasteiger partial charge in [-0.25, -0.2) is 0 Å². The van der Waals surface area contributed by atoms with Crippen LogP contribution >= 0.6 is 11.6 Å². The predicted molar refractivity (Wildman–Crippen MR) is 70.7 cm³/mol. The van der Waals surface area contributed by atoms with Crippen molar-refractivity contribution in [2.24, 2.45) is 5.92 Å². The van der Waals surface area contributed by atoms with E-state index in [2.05, 4.69) is 5.32 Å². The van der Waals surface area contributed by atoms with Gasteiger partial charge in [-0.15, -0.1) is 0 Å². The normalized spacial score (nSPS) is 12.3. The van der Waals surface area contributed by atoms with Crippen molar-refractivity contribution in [3.8, 4) is 5.75 Å². The molecule has 0 aliphatic carbocycles. The number of anilines is 1. The van der Waals surface area contributed by atoms with Crippen LogP contribution in [0.25, 0.3) is 0 Å². The van der Waals surface area contributed by atoms with E-state index in [0.29, 0.717) is 6.61 Å². The third kappa shape index (κ3) is 4.27. The highest BCUT2D eigenvalue weighted by Gasteiger charge is 2.19. The van der Waals surface area contributed by atoms with E-state index in [4.69, 9.17) is 16.3 Å². The van der Waals surface area contributed by atoms with Crippen LogP contribution in [0.2, 0.25) is 0 Å². The second kappa shape index (κ2) is 6.50. The van der Waals surface area contributed by atoms with Gasteiger partial charge in [0.25, 0.3) is 0 Å². The summed E-state index contributed by atoms with van der Waals surface area (Å²) in [5.41, 5.74) is 0.862. The van der Waals surface area contributed by atoms with Gasteiger partial charge >= 0.3 is 0 Å². The zero-order valence-electron chi connectivity index (χ0n) is 10.4. The number of hydrogen-bond acceptors (Lipinski definition) is 3. The standard InChI is InChI=1S/C13H18ClNO2/c1-4-17-11-7-5-10(6-8-11)15-12(9(2)3)13(14)16/h5-9,12,15H,4H2,1-3H3. The van der Waals surface area contributed by atoms with Gasteiger partial charge in [-0.2, -0.15) is 0 Å². The van der Waals surface area contributed by atoms with Gasteiger partial charge in [-0.05, 0) is 48.7 Å². The molecule has 1 N–H and O–H groups in total. The Labute approximate surface area is 107 Å². The second-order valence-corrected chi connectivity index (χ2v) is 4.50. The molecule has 0 aliphatic rings. The van der Waals surface area contributed by atoms with Crippen LogP contribution in [0.15, 0.2) is 24.3 Å². The van der Waals surface area contributed by atoms with E-state index in [0.717, 1.165) is 11.4 Å². The van der Waals surface area contributed by atoms with Crippen molar-refractivity contribution in [2.45, 2.75) is 26.8 Å². The maximum atomic E-state index is 11.2. The Kier molecular flexibility index (Phi) is 5.29. The van der Waals surface area contributed by atoms with E-state index in [1.54, 1.807) is 0 Å². The van der Waals surface area contributed by atoms with E-state index >= 15 is 0 Å². The maximum Gasteiger partial charge on any atom is 0.244 e. The van der Waals surface area contributed by atoms with Crippen molar-refractivity contribution in [1.82, 2.24) is 0 Å². The quantitative estimate of drug-likeness (QED) is 0.793. The molecule has 0 aliphatic heterocycles. The molecule has 0 radical (unpaired) electrons. The first-order chi connectivity index (χ1) is 8.04. The van der Waals surface area contributed by atoms with Gasteiger partial charge in [0.1, 0.15) is 11.8 Å². The lowest BCUT2D eigenvalue weighted by Gasteiger charge is -2.19. The molecule has 4 heteroatoms. The summed E-state index contributed by atoms with van der Waals surface area (Å²) in [7, 11) is 0. The number of benzene rings is 1. The maximum absolute atomic E-state index is 11.2. The number of ether oxygens (including phenoxy) is 1. The van der Waals surface area contributed by atoms with Crippen LogP contribution in [0, 0.1) is 5.92 Å². The smallest absolute Gasteiger partial charge is 0.244 e. The molecule has 1 aromatic carbocycles. The number of carbonyl (C=O) groups excluding carboxylic acids is 1. The van der Waals surface area contributed by atoms with Crippen LogP contribution in [-0.2, 0) is 4.79 Å². The Balaban J connectivity index is 2.70. The fourth-order valence-electron chi connectivity index (χ4n) is 1.48. The summed E-state index contributed by atoms with van der Waals surface area (Å²) in [6.45, 7) is 6.48. The molecule has 1 atom stereocenters. The number of halogens is 1. The molecular formula is C13H18ClNO2. The molecule has 0 heterocycles. The zero-order chi connectivity index (χ0) is 12.8. The van der Waals surface area contributed by atoms with Crippen molar-refractivity contribution >= 4 is 22.5 Å². The third-order valence-corrected chi connectivity index (χ3v) is 2.63. The molecule has 1 rings (SSSR count). The molecule has 0 spiro atoms. The highest BCUT2D eigenvalue weighted by molar-refractivity contribution is 6.65. The lowest BCUT2D eigenvalue weighted by atomic mass is 10.1. The molecule has 1 aromatic rings. The lowest BCUT2D eigenvalue weighted by Crippen LogP contribution is -2.31. The summed E-state index contributed by atoms with van der Waals surface area (Å²) in [5.74, 6) is 0.961. The summed E-state index contributed by atoms with van der Waals surface area (Å²) in [6.07, 6.45) is 0. The van der Waals surface area contributed by atoms with Crippen LogP contribution in [0.1, 0.15) is 20.8 Å². The minimum absolute atomic E-state index is 0.145. The highest BCUT2D eigenvalue weighted by Crippen LogP contribution is 2.18. The highest BCUT2D eigenvalue weighted by atomic mass is 35.5. The fourth-order valence-corrected chi connectivity index (χ4v) is 1.79. The Morgan fingerprint density at radius 1 is 1.35 bits per heavy atom. The number of nitrogens with one attached hydrogen (secondary N) is 1. The van der Waals surface area contributed by atoms with Crippen molar-refractivity contribution in [2.75, 3.05) is 11.9 Å². The molecule has 0 saturated heterocycles. The summed E-state index contributed by atoms with van der Waals surface area (Å²) in [4.78, 5) is 11.2. The number of hydrogen-bond donors (Lipinski definition) is 1. The van der Waals surface area contributed by atoms with Gasteiger partial charge < -0.3 is 10.1 Å². The Bertz CT molecular complexity index is 362. The summed E-state index contributed by atoms with van der Waals surface area (Å²) in [6, 6.07) is 7.11. The molecule has 17 heavy (non-hydrogen) atoms. The van der Waals surface area contributed by atoms with Gasteiger partial charge in [-0.1, -0.05) is 13.8 Å². The molecule has 0 amide bonds. The molecule has 0 aromatic heterocycles. The van der Waals surface area contributed by atoms with E-state index in [9.17, 15) is 4.79 Å². The molecule has 0 fully saturated rings. The largest absolute Gasteiger partial charge is 0.494 e. The second-order valence-electron chi connectivity index (χ2n) is 4.13. The molecule has 1 unspecified atom stereocenters. The Morgan fingerprint density at radius 3 is 2.35 bits per heavy atom. The third-order valence-electron chi connectivity index (χ3n) is 2.40. The summed E-state index contributed by atoms with van der Waals surface area (Å²) < 4.78 is 5.34. The van der Waals surface area contributed by atoms with Crippen molar-refractivity contribution in [3.05, 3.63) is 24.3 Å². The first kappa shape index (κ1) is 13.8. The molecule has 0 saturated carbocycles. The first-order valence-electron chi connectivity index (χ1n) is 5.73. The molecule has 3 nitrogen and oxygen atoms in total. The van der Waals surface area contributed by atoms with E-state index < -0.39 is 0 Å². The van der Waals surface area contributed by atoms with Crippen molar-refractivity contribution in [1.29, 1.82) is 0 Å². The van der Waals surface area contributed by atoms with Gasteiger partial charge in [0.15, 0.2) is 0 Å². The van der Waals surface area contributed by atoms with Gasteiger partial charge in [0, 0.05) is 5.69 Å². The van der Waals surface area contributed by atoms with Gasteiger partial charge in [-0.3, -0.25) is 4.79 Å². The lowest BCUT2D eigenvalue weighted by molar-refractivity contribution is -0.113. The van der Waals surface area contributed by atoms with Gasteiger partial charge in [0.05, 0.1) is 6.61 Å². The van der Waals surface area contributed by atoms with Crippen LogP contribution in [0.5, 0.6) is 5.75 Å². The Hall–Kier alpha value is -1.22. The number of carbonyl (C=O) groups is 1. The van der Waals surface area contributed by atoms with Crippen molar-refractivity contribution < 1.29 is 9.53 Å². The van der Waals surface area contributed by atoms with E-state index in [1.165, 1.54) is 0 Å². The predicted octanol–water partition coefficient (Wildman–Crippen LogP) is 3.29. The van der Waals surface area contributed by atoms with Crippen LogP contribution < -0.4 is 10.1 Å². The van der Waals surface area contributed by atoms with Gasteiger partial charge in [0.2, 0.25) is 5.24 Å². The minimum Gasteiger partial charge on any atom is -0.494 e. The zero-order valence-corrected chi connectivity index (χ0v) is 11.1. The Morgan fingerprint density at radius 2 is 1.94 bits per heavy atom. The van der Waals surface area contributed by atoms with Crippen molar-refractivity contribution in [3.63, 3.8) is 0 Å². The molecule has 0 bridgehead atoms. The van der Waals surface area contributed by atoms with Crippen LogP contribution in [0.3, 0.4) is 0 Å². The first-order valence-corrected chi connectivity index (χ1v) is 6.11. The average molecular weight is 256 g/mol. The van der Waals surface area contributed by atoms with E-state index in [1.807, 2.05) is 45.0 Å².